The van der Waals surface area contributed by atoms with Gasteiger partial charge in [0.1, 0.15) is 0 Å². The first-order valence-electron chi connectivity index (χ1n) is 4.67. The molecule has 3 nitrogen and oxygen atoms in total. The first-order chi connectivity index (χ1) is 7.18. The minimum absolute atomic E-state index is 0.222. The van der Waals surface area contributed by atoms with E-state index in [1.807, 2.05) is 30.5 Å². The highest BCUT2D eigenvalue weighted by Crippen LogP contribution is 2.19. The zero-order valence-electron chi connectivity index (χ0n) is 8.40. The summed E-state index contributed by atoms with van der Waals surface area (Å²) in [6.07, 6.45) is 1.93. The molecule has 0 spiro atoms. The average Bonchev–Trinajstić information content (AvgIpc) is 2.62. The van der Waals surface area contributed by atoms with Crippen LogP contribution in [-0.4, -0.2) is 22.2 Å². The fraction of sp³-hybridized carbons (Fsp3) is 0.182. The molecular formula is C11H12N2OS. The van der Waals surface area contributed by atoms with Gasteiger partial charge >= 0.3 is 0 Å². The van der Waals surface area contributed by atoms with Gasteiger partial charge in [-0.15, -0.1) is 0 Å². The van der Waals surface area contributed by atoms with Crippen LogP contribution >= 0.6 is 12.6 Å². The molecule has 1 amide bonds. The molecule has 2 aromatic rings. The largest absolute Gasteiger partial charge is 0.361 e. The number of nitrogens with zero attached hydrogens (tertiary/aromatic N) is 1. The predicted octanol–water partition coefficient (Wildman–Crippen LogP) is 2.65. The second-order valence-electron chi connectivity index (χ2n) is 3.50. The van der Waals surface area contributed by atoms with E-state index in [-0.39, 0.29) is 5.24 Å². The minimum atomic E-state index is -0.222. The van der Waals surface area contributed by atoms with Crippen LogP contribution in [0.2, 0.25) is 0 Å². The highest BCUT2D eigenvalue weighted by molar-refractivity contribution is 7.96. The quantitative estimate of drug-likeness (QED) is 0.750. The molecule has 1 aromatic carbocycles. The molecule has 0 fully saturated rings. The van der Waals surface area contributed by atoms with Crippen LogP contribution in [0, 0.1) is 0 Å². The van der Waals surface area contributed by atoms with E-state index in [1.165, 1.54) is 0 Å². The van der Waals surface area contributed by atoms with Crippen LogP contribution in [0.5, 0.6) is 0 Å². The van der Waals surface area contributed by atoms with Crippen molar-refractivity contribution in [2.24, 2.45) is 0 Å². The van der Waals surface area contributed by atoms with Crippen molar-refractivity contribution in [3.05, 3.63) is 36.0 Å². The van der Waals surface area contributed by atoms with Gasteiger partial charge < -0.3 is 9.88 Å². The summed E-state index contributed by atoms with van der Waals surface area (Å²) in [6.45, 7) is 0.576. The van der Waals surface area contributed by atoms with E-state index in [2.05, 4.69) is 17.6 Å². The lowest BCUT2D eigenvalue weighted by atomic mass is 10.2. The van der Waals surface area contributed by atoms with Crippen LogP contribution in [0.25, 0.3) is 10.9 Å². The summed E-state index contributed by atoms with van der Waals surface area (Å²) in [5, 5.41) is 0.930. The number of rotatable bonds is 2. The van der Waals surface area contributed by atoms with Crippen molar-refractivity contribution in [2.45, 2.75) is 6.54 Å². The Balaban J connectivity index is 2.32. The van der Waals surface area contributed by atoms with Gasteiger partial charge in [0.05, 0.1) is 0 Å². The monoisotopic (exact) mass is 220 g/mol. The van der Waals surface area contributed by atoms with Gasteiger partial charge in [0.15, 0.2) is 0 Å². The standard InChI is InChI=1S/C11H12N2OS/c1-13(11(14)15)7-8-6-12-10-5-3-2-4-9(8)10/h2-6,12H,7H2,1H3,(H,14,15). The lowest BCUT2D eigenvalue weighted by Gasteiger charge is -2.12. The van der Waals surface area contributed by atoms with Crippen molar-refractivity contribution in [1.82, 2.24) is 9.88 Å². The maximum Gasteiger partial charge on any atom is 0.278 e. The summed E-state index contributed by atoms with van der Waals surface area (Å²) >= 11 is 3.78. The van der Waals surface area contributed by atoms with E-state index in [0.29, 0.717) is 6.54 Å². The second-order valence-corrected chi connectivity index (χ2v) is 3.88. The summed E-state index contributed by atoms with van der Waals surface area (Å²) in [6, 6.07) is 8.03. The van der Waals surface area contributed by atoms with Gasteiger partial charge in [-0.05, 0) is 11.6 Å². The molecule has 0 aliphatic heterocycles. The molecule has 0 saturated carbocycles. The minimum Gasteiger partial charge on any atom is -0.361 e. The molecular weight excluding hydrogens is 208 g/mol. The molecule has 0 atom stereocenters. The fourth-order valence-corrected chi connectivity index (χ4v) is 1.66. The molecule has 78 valence electrons. The lowest BCUT2D eigenvalue weighted by molar-refractivity contribution is 0.232. The molecule has 1 heterocycles. The maximum absolute atomic E-state index is 11.0. The molecule has 0 aliphatic carbocycles. The van der Waals surface area contributed by atoms with E-state index in [1.54, 1.807) is 11.9 Å². The lowest BCUT2D eigenvalue weighted by Crippen LogP contribution is -2.19. The zero-order chi connectivity index (χ0) is 10.8. The number of amides is 1. The number of hydrogen-bond donors (Lipinski definition) is 2. The number of carbonyl (C=O) groups is 1. The van der Waals surface area contributed by atoms with Crippen LogP contribution in [0.1, 0.15) is 5.56 Å². The summed E-state index contributed by atoms with van der Waals surface area (Å²) in [7, 11) is 1.73. The van der Waals surface area contributed by atoms with Gasteiger partial charge in [-0.3, -0.25) is 4.79 Å². The first-order valence-corrected chi connectivity index (χ1v) is 5.12. The third-order valence-electron chi connectivity index (χ3n) is 2.41. The maximum atomic E-state index is 11.0. The number of benzene rings is 1. The van der Waals surface area contributed by atoms with E-state index < -0.39 is 0 Å². The molecule has 0 radical (unpaired) electrons. The molecule has 2 rings (SSSR count). The Labute approximate surface area is 93.5 Å². The predicted molar refractivity (Wildman–Crippen MR) is 64.1 cm³/mol. The molecule has 0 bridgehead atoms. The number of carbonyl (C=O) groups excluding carboxylic acids is 1. The Hall–Kier alpha value is -1.42. The van der Waals surface area contributed by atoms with Gasteiger partial charge in [0, 0.05) is 30.7 Å². The van der Waals surface area contributed by atoms with Crippen molar-refractivity contribution < 1.29 is 4.79 Å². The van der Waals surface area contributed by atoms with Crippen molar-refractivity contribution in [2.75, 3.05) is 7.05 Å². The van der Waals surface area contributed by atoms with Crippen LogP contribution < -0.4 is 0 Å². The Morgan fingerprint density at radius 3 is 2.93 bits per heavy atom. The van der Waals surface area contributed by atoms with Gasteiger partial charge in [0.25, 0.3) is 5.24 Å². The van der Waals surface area contributed by atoms with Crippen LogP contribution in [0.4, 0.5) is 4.79 Å². The Morgan fingerprint density at radius 2 is 2.20 bits per heavy atom. The van der Waals surface area contributed by atoms with E-state index in [0.717, 1.165) is 16.5 Å². The number of para-hydroxylation sites is 1. The van der Waals surface area contributed by atoms with Crippen molar-refractivity contribution >= 4 is 28.8 Å². The average molecular weight is 220 g/mol. The molecule has 0 aliphatic rings. The van der Waals surface area contributed by atoms with E-state index in [9.17, 15) is 4.79 Å². The second kappa shape index (κ2) is 3.98. The normalized spacial score (nSPS) is 10.5. The van der Waals surface area contributed by atoms with Gasteiger partial charge in [-0.25, -0.2) is 0 Å². The number of aromatic nitrogens is 1. The smallest absolute Gasteiger partial charge is 0.278 e. The Morgan fingerprint density at radius 1 is 1.47 bits per heavy atom. The molecule has 0 unspecified atom stereocenters. The highest BCUT2D eigenvalue weighted by atomic mass is 32.1. The number of thiol groups is 1. The highest BCUT2D eigenvalue weighted by Gasteiger charge is 2.08. The number of nitrogens with one attached hydrogen (secondary N) is 1. The molecule has 0 saturated heterocycles. The summed E-state index contributed by atoms with van der Waals surface area (Å²) in [4.78, 5) is 15.7. The SMILES string of the molecule is CN(Cc1c[nH]c2ccccc12)C(=O)S. The molecule has 4 heteroatoms. The number of aromatic amines is 1. The molecule has 15 heavy (non-hydrogen) atoms. The van der Waals surface area contributed by atoms with Gasteiger partial charge in [-0.1, -0.05) is 30.8 Å². The zero-order valence-corrected chi connectivity index (χ0v) is 9.29. The van der Waals surface area contributed by atoms with Crippen LogP contribution in [0.3, 0.4) is 0 Å². The fourth-order valence-electron chi connectivity index (χ4n) is 1.59. The topological polar surface area (TPSA) is 36.1 Å². The Bertz CT molecular complexity index is 492. The van der Waals surface area contributed by atoms with Crippen molar-refractivity contribution in [1.29, 1.82) is 0 Å². The summed E-state index contributed by atoms with van der Waals surface area (Å²) in [5.41, 5.74) is 2.20. The van der Waals surface area contributed by atoms with E-state index in [4.69, 9.17) is 0 Å². The summed E-state index contributed by atoms with van der Waals surface area (Å²) < 4.78 is 0. The Kier molecular flexibility index (Phi) is 2.68. The molecule has 1 aromatic heterocycles. The molecule has 1 N–H and O–H groups in total. The van der Waals surface area contributed by atoms with E-state index >= 15 is 0 Å². The van der Waals surface area contributed by atoms with Gasteiger partial charge in [-0.2, -0.15) is 0 Å². The van der Waals surface area contributed by atoms with Gasteiger partial charge in [0.2, 0.25) is 0 Å². The first kappa shape index (κ1) is 10.1. The number of H-pyrrole nitrogens is 1. The van der Waals surface area contributed by atoms with Crippen molar-refractivity contribution in [3.63, 3.8) is 0 Å². The number of fused-ring (bicyclic) bond motifs is 1. The van der Waals surface area contributed by atoms with Crippen LogP contribution in [0.15, 0.2) is 30.5 Å². The van der Waals surface area contributed by atoms with Crippen molar-refractivity contribution in [3.8, 4) is 0 Å². The number of hydrogen-bond acceptors (Lipinski definition) is 1. The third kappa shape index (κ3) is 1.99. The summed E-state index contributed by atoms with van der Waals surface area (Å²) in [5.74, 6) is 0. The third-order valence-corrected chi connectivity index (χ3v) is 2.75. The van der Waals surface area contributed by atoms with Crippen LogP contribution in [-0.2, 0) is 6.54 Å².